The highest BCUT2D eigenvalue weighted by Gasteiger charge is 2.34. The zero-order valence-electron chi connectivity index (χ0n) is 14.6. The van der Waals surface area contributed by atoms with Gasteiger partial charge >= 0.3 is 0 Å². The smallest absolute Gasteiger partial charge is 0.293 e. The molecular formula is C20H17FN2O3S. The van der Waals surface area contributed by atoms with E-state index in [4.69, 9.17) is 0 Å². The first-order valence-corrected chi connectivity index (χ1v) is 9.11. The second kappa shape index (κ2) is 8.18. The van der Waals surface area contributed by atoms with E-state index in [1.165, 1.54) is 24.3 Å². The van der Waals surface area contributed by atoms with Crippen molar-refractivity contribution in [1.82, 2.24) is 10.2 Å². The quantitative estimate of drug-likeness (QED) is 0.800. The monoisotopic (exact) mass is 384 g/mol. The molecular weight excluding hydrogens is 367 g/mol. The molecule has 27 heavy (non-hydrogen) atoms. The average Bonchev–Trinajstić information content (AvgIpc) is 2.91. The van der Waals surface area contributed by atoms with Crippen molar-refractivity contribution in [1.29, 1.82) is 0 Å². The lowest BCUT2D eigenvalue weighted by atomic mass is 10.1. The van der Waals surface area contributed by atoms with Gasteiger partial charge in [0.2, 0.25) is 0 Å². The van der Waals surface area contributed by atoms with Crippen molar-refractivity contribution in [2.45, 2.75) is 6.92 Å². The van der Waals surface area contributed by atoms with E-state index in [0.717, 1.165) is 22.2 Å². The highest BCUT2D eigenvalue weighted by molar-refractivity contribution is 8.18. The van der Waals surface area contributed by atoms with Crippen molar-refractivity contribution in [3.63, 3.8) is 0 Å². The highest BCUT2D eigenvalue weighted by atomic mass is 32.2. The molecule has 1 saturated heterocycles. The molecule has 1 heterocycles. The van der Waals surface area contributed by atoms with Crippen LogP contribution in [0, 0.1) is 12.7 Å². The highest BCUT2D eigenvalue weighted by Crippen LogP contribution is 2.31. The second-order valence-corrected chi connectivity index (χ2v) is 7.00. The van der Waals surface area contributed by atoms with Gasteiger partial charge in [-0.2, -0.15) is 0 Å². The molecule has 0 spiro atoms. The van der Waals surface area contributed by atoms with Gasteiger partial charge < -0.3 is 5.32 Å². The molecule has 1 aliphatic rings. The third-order valence-electron chi connectivity index (χ3n) is 3.98. The van der Waals surface area contributed by atoms with E-state index < -0.39 is 11.1 Å². The zero-order valence-corrected chi connectivity index (χ0v) is 15.4. The Morgan fingerprint density at radius 3 is 2.44 bits per heavy atom. The van der Waals surface area contributed by atoms with Crippen LogP contribution in [0.1, 0.15) is 21.5 Å². The number of hydrogen-bond acceptors (Lipinski definition) is 4. The molecule has 0 aromatic heterocycles. The van der Waals surface area contributed by atoms with Gasteiger partial charge in [0.1, 0.15) is 5.82 Å². The summed E-state index contributed by atoms with van der Waals surface area (Å²) in [5, 5.41) is 2.31. The van der Waals surface area contributed by atoms with Gasteiger partial charge in [-0.05, 0) is 54.6 Å². The Kier molecular flexibility index (Phi) is 5.71. The van der Waals surface area contributed by atoms with Crippen molar-refractivity contribution in [2.24, 2.45) is 0 Å². The number of thioether (sulfide) groups is 1. The lowest BCUT2D eigenvalue weighted by Gasteiger charge is -2.13. The number of carbonyl (C=O) groups excluding carboxylic acids is 3. The van der Waals surface area contributed by atoms with E-state index in [0.29, 0.717) is 11.1 Å². The van der Waals surface area contributed by atoms with Crippen LogP contribution in [-0.2, 0) is 4.79 Å². The predicted octanol–water partition coefficient (Wildman–Crippen LogP) is 3.60. The maximum Gasteiger partial charge on any atom is 0.293 e. The van der Waals surface area contributed by atoms with Crippen molar-refractivity contribution in [3.8, 4) is 0 Å². The summed E-state index contributed by atoms with van der Waals surface area (Å²) in [7, 11) is 0. The van der Waals surface area contributed by atoms with Crippen LogP contribution in [0.15, 0.2) is 53.4 Å². The molecule has 2 aromatic rings. The molecule has 1 N–H and O–H groups in total. The van der Waals surface area contributed by atoms with Gasteiger partial charge in [-0.25, -0.2) is 4.39 Å². The number of nitrogens with one attached hydrogen (secondary N) is 1. The summed E-state index contributed by atoms with van der Waals surface area (Å²) in [5.41, 5.74) is 2.21. The van der Waals surface area contributed by atoms with Crippen LogP contribution in [-0.4, -0.2) is 35.0 Å². The fourth-order valence-corrected chi connectivity index (χ4v) is 3.36. The van der Waals surface area contributed by atoms with Gasteiger partial charge in [-0.3, -0.25) is 19.3 Å². The van der Waals surface area contributed by atoms with E-state index in [-0.39, 0.29) is 29.7 Å². The molecule has 138 valence electrons. The van der Waals surface area contributed by atoms with E-state index >= 15 is 0 Å². The number of hydrogen-bond donors (Lipinski definition) is 1. The summed E-state index contributed by atoms with van der Waals surface area (Å²) in [6.45, 7) is 2.18. The molecule has 0 aliphatic carbocycles. The van der Waals surface area contributed by atoms with Crippen LogP contribution in [0.4, 0.5) is 9.18 Å². The van der Waals surface area contributed by atoms with Gasteiger partial charge in [0, 0.05) is 18.7 Å². The maximum atomic E-state index is 13.0. The van der Waals surface area contributed by atoms with Crippen molar-refractivity contribution < 1.29 is 18.8 Å². The molecule has 3 amide bonds. The first-order chi connectivity index (χ1) is 12.9. The number of carbonyl (C=O) groups is 3. The molecule has 5 nitrogen and oxygen atoms in total. The normalized spacial score (nSPS) is 15.5. The number of nitrogens with zero attached hydrogens (tertiary/aromatic N) is 1. The van der Waals surface area contributed by atoms with Gasteiger partial charge in [0.05, 0.1) is 4.91 Å². The SMILES string of the molecule is Cc1ccc(C(=O)NCCN2C(=O)S/C(=C\c3ccc(F)cc3)C2=O)cc1. The molecule has 2 aromatic carbocycles. The minimum absolute atomic E-state index is 0.0863. The Labute approximate surface area is 160 Å². The Hall–Kier alpha value is -2.93. The van der Waals surface area contributed by atoms with E-state index in [2.05, 4.69) is 5.32 Å². The van der Waals surface area contributed by atoms with Crippen molar-refractivity contribution in [3.05, 3.63) is 75.9 Å². The molecule has 0 bridgehead atoms. The fourth-order valence-electron chi connectivity index (χ4n) is 2.49. The van der Waals surface area contributed by atoms with Crippen LogP contribution >= 0.6 is 11.8 Å². The van der Waals surface area contributed by atoms with Crippen LogP contribution in [0.25, 0.3) is 6.08 Å². The third kappa shape index (κ3) is 4.62. The third-order valence-corrected chi connectivity index (χ3v) is 4.88. The molecule has 3 rings (SSSR count). The fraction of sp³-hybridized carbons (Fsp3) is 0.150. The first kappa shape index (κ1) is 18.8. The average molecular weight is 384 g/mol. The topological polar surface area (TPSA) is 66.5 Å². The van der Waals surface area contributed by atoms with E-state index in [9.17, 15) is 18.8 Å². The Balaban J connectivity index is 1.58. The molecule has 0 radical (unpaired) electrons. The van der Waals surface area contributed by atoms with Crippen molar-refractivity contribution in [2.75, 3.05) is 13.1 Å². The van der Waals surface area contributed by atoms with Gasteiger partial charge in [-0.15, -0.1) is 0 Å². The number of imide groups is 1. The van der Waals surface area contributed by atoms with Gasteiger partial charge in [-0.1, -0.05) is 29.8 Å². The summed E-state index contributed by atoms with van der Waals surface area (Å²) in [6, 6.07) is 12.8. The molecule has 7 heteroatoms. The Morgan fingerprint density at radius 2 is 1.78 bits per heavy atom. The lowest BCUT2D eigenvalue weighted by molar-refractivity contribution is -0.122. The number of halogens is 1. The second-order valence-electron chi connectivity index (χ2n) is 6.01. The molecule has 0 unspecified atom stereocenters. The van der Waals surface area contributed by atoms with Crippen LogP contribution < -0.4 is 5.32 Å². The predicted molar refractivity (Wildman–Crippen MR) is 103 cm³/mol. The number of benzene rings is 2. The lowest BCUT2D eigenvalue weighted by Crippen LogP contribution is -2.37. The summed E-state index contributed by atoms with van der Waals surface area (Å²) >= 11 is 0.830. The summed E-state index contributed by atoms with van der Waals surface area (Å²) in [4.78, 5) is 37.9. The number of amides is 3. The maximum absolute atomic E-state index is 13.0. The zero-order chi connectivity index (χ0) is 19.4. The van der Waals surface area contributed by atoms with Gasteiger partial charge in [0.15, 0.2) is 0 Å². The molecule has 1 fully saturated rings. The molecule has 0 saturated carbocycles. The van der Waals surface area contributed by atoms with Crippen molar-refractivity contribution >= 4 is 34.9 Å². The van der Waals surface area contributed by atoms with Crippen LogP contribution in [0.5, 0.6) is 0 Å². The number of aryl methyl sites for hydroxylation is 1. The minimum atomic E-state index is -0.418. The minimum Gasteiger partial charge on any atom is -0.350 e. The molecule has 0 atom stereocenters. The first-order valence-electron chi connectivity index (χ1n) is 8.30. The summed E-state index contributed by atoms with van der Waals surface area (Å²) in [6.07, 6.45) is 1.55. The van der Waals surface area contributed by atoms with E-state index in [1.54, 1.807) is 18.2 Å². The van der Waals surface area contributed by atoms with Gasteiger partial charge in [0.25, 0.3) is 17.1 Å². The molecule has 1 aliphatic heterocycles. The number of rotatable bonds is 5. The van der Waals surface area contributed by atoms with Crippen LogP contribution in [0.3, 0.4) is 0 Å². The standard InChI is InChI=1S/C20H17FN2O3S/c1-13-2-6-15(7-3-13)18(24)22-10-11-23-19(25)17(27-20(23)26)12-14-4-8-16(21)9-5-14/h2-9,12H,10-11H2,1H3,(H,22,24)/b17-12-. The summed E-state index contributed by atoms with van der Waals surface area (Å²) < 4.78 is 13.0. The Bertz CT molecular complexity index is 908. The summed E-state index contributed by atoms with van der Waals surface area (Å²) in [5.74, 6) is -1.05. The van der Waals surface area contributed by atoms with Crippen LogP contribution in [0.2, 0.25) is 0 Å². The Morgan fingerprint density at radius 1 is 1.11 bits per heavy atom. The van der Waals surface area contributed by atoms with E-state index in [1.807, 2.05) is 19.1 Å². The largest absolute Gasteiger partial charge is 0.350 e.